The Bertz CT molecular complexity index is 1280. The standard InChI is InChI=1S/C33H50N6O6/c1-21(2)29-36-31(45-37-29)38-17-13-24(14-18-38)22(3)15-19-43-25-11-9-23(10-12-25)20-26(35-32(42)44-33(4,5)6)30(41)39-16-7-8-27(39)28(34)40/h9-12,21-22,24,26-27H,7-8,13-20H2,1-6H3,(H2,34,40)(H,35,42)/t22?,26-,27?/m0/s1. The van der Waals surface area contributed by atoms with Gasteiger partial charge in [0.2, 0.25) is 11.8 Å². The van der Waals surface area contributed by atoms with E-state index >= 15 is 0 Å². The lowest BCUT2D eigenvalue weighted by Crippen LogP contribution is -2.54. The zero-order valence-corrected chi connectivity index (χ0v) is 27.6. The van der Waals surface area contributed by atoms with Gasteiger partial charge in [0.05, 0.1) is 6.61 Å². The smallest absolute Gasteiger partial charge is 0.408 e. The van der Waals surface area contributed by atoms with Gasteiger partial charge in [-0.3, -0.25) is 9.59 Å². The molecule has 2 aromatic rings. The lowest BCUT2D eigenvalue weighted by atomic mass is 9.84. The van der Waals surface area contributed by atoms with Crippen molar-refractivity contribution in [2.24, 2.45) is 17.6 Å². The van der Waals surface area contributed by atoms with Crippen molar-refractivity contribution in [3.8, 4) is 5.75 Å². The van der Waals surface area contributed by atoms with Gasteiger partial charge in [-0.25, -0.2) is 4.79 Å². The molecule has 2 unspecified atom stereocenters. The number of benzene rings is 1. The number of likely N-dealkylation sites (tertiary alicyclic amines) is 1. The first-order chi connectivity index (χ1) is 21.3. The van der Waals surface area contributed by atoms with Crippen LogP contribution in [0.25, 0.3) is 0 Å². The summed E-state index contributed by atoms with van der Waals surface area (Å²) in [7, 11) is 0. The number of piperidine rings is 1. The lowest BCUT2D eigenvalue weighted by Gasteiger charge is -2.33. The number of ether oxygens (including phenoxy) is 2. The predicted octanol–water partition coefficient (Wildman–Crippen LogP) is 4.43. The van der Waals surface area contributed by atoms with E-state index in [1.54, 1.807) is 20.8 Å². The minimum absolute atomic E-state index is 0.235. The fourth-order valence-corrected chi connectivity index (χ4v) is 5.98. The van der Waals surface area contributed by atoms with Gasteiger partial charge in [-0.15, -0.1) is 0 Å². The molecule has 2 aliphatic heterocycles. The van der Waals surface area contributed by atoms with Gasteiger partial charge in [0, 0.05) is 32.0 Å². The summed E-state index contributed by atoms with van der Waals surface area (Å²) in [6.07, 6.45) is 3.83. The maximum absolute atomic E-state index is 13.5. The zero-order chi connectivity index (χ0) is 32.7. The molecule has 0 radical (unpaired) electrons. The van der Waals surface area contributed by atoms with Crippen LogP contribution in [-0.4, -0.2) is 76.9 Å². The van der Waals surface area contributed by atoms with Crippen LogP contribution in [0.5, 0.6) is 5.75 Å². The number of aromatic nitrogens is 2. The summed E-state index contributed by atoms with van der Waals surface area (Å²) in [6.45, 7) is 14.5. The molecule has 248 valence electrons. The SMILES string of the molecule is CC(C)c1noc(N2CCC(C(C)CCOc3ccc(C[C@H](NC(=O)OC(C)(C)C)C(=O)N4CCCC4C(N)=O)cc3)CC2)n1. The highest BCUT2D eigenvalue weighted by Gasteiger charge is 2.37. The van der Waals surface area contributed by atoms with Crippen molar-refractivity contribution in [3.05, 3.63) is 35.7 Å². The number of rotatable bonds is 12. The van der Waals surface area contributed by atoms with Crippen molar-refractivity contribution in [2.45, 2.75) is 104 Å². The number of nitrogens with zero attached hydrogens (tertiary/aromatic N) is 4. The van der Waals surface area contributed by atoms with Crippen molar-refractivity contribution in [3.63, 3.8) is 0 Å². The highest BCUT2D eigenvalue weighted by molar-refractivity contribution is 5.91. The topological polar surface area (TPSA) is 153 Å². The number of anilines is 1. The second-order valence-electron chi connectivity index (χ2n) is 13.7. The molecule has 2 fully saturated rings. The molecule has 0 spiro atoms. The summed E-state index contributed by atoms with van der Waals surface area (Å²) in [5, 5.41) is 6.81. The van der Waals surface area contributed by atoms with Crippen LogP contribution in [0.15, 0.2) is 28.8 Å². The molecule has 3 amide bonds. The van der Waals surface area contributed by atoms with E-state index in [0.717, 1.165) is 49.5 Å². The number of primary amides is 1. The van der Waals surface area contributed by atoms with Crippen molar-refractivity contribution < 1.29 is 28.4 Å². The molecule has 0 saturated carbocycles. The number of hydrogen-bond acceptors (Lipinski definition) is 9. The monoisotopic (exact) mass is 626 g/mol. The molecule has 3 N–H and O–H groups in total. The van der Waals surface area contributed by atoms with Crippen LogP contribution >= 0.6 is 0 Å². The third-order valence-corrected chi connectivity index (χ3v) is 8.62. The molecular weight excluding hydrogens is 576 g/mol. The Morgan fingerprint density at radius 2 is 1.76 bits per heavy atom. The van der Waals surface area contributed by atoms with E-state index in [9.17, 15) is 14.4 Å². The first-order valence-electron chi connectivity index (χ1n) is 16.2. The van der Waals surface area contributed by atoms with Crippen molar-refractivity contribution in [2.75, 3.05) is 31.1 Å². The van der Waals surface area contributed by atoms with Gasteiger partial charge in [-0.05, 0) is 82.4 Å². The number of amides is 3. The molecular formula is C33H50N6O6. The minimum atomic E-state index is -0.907. The number of carbonyl (C=O) groups excluding carboxylic acids is 3. The molecule has 2 aliphatic rings. The third kappa shape index (κ3) is 9.58. The Morgan fingerprint density at radius 1 is 1.07 bits per heavy atom. The molecule has 12 heteroatoms. The zero-order valence-electron chi connectivity index (χ0n) is 27.6. The van der Waals surface area contributed by atoms with Crippen molar-refractivity contribution in [1.29, 1.82) is 0 Å². The van der Waals surface area contributed by atoms with Crippen molar-refractivity contribution in [1.82, 2.24) is 20.4 Å². The summed E-state index contributed by atoms with van der Waals surface area (Å²) in [4.78, 5) is 46.2. The molecule has 45 heavy (non-hydrogen) atoms. The molecule has 0 aliphatic carbocycles. The molecule has 1 aromatic carbocycles. The van der Waals surface area contributed by atoms with Crippen LogP contribution in [0.3, 0.4) is 0 Å². The second-order valence-corrected chi connectivity index (χ2v) is 13.7. The number of carbonyl (C=O) groups is 3. The molecule has 1 aromatic heterocycles. The molecule has 12 nitrogen and oxygen atoms in total. The average Bonchev–Trinajstić information content (AvgIpc) is 3.67. The summed E-state index contributed by atoms with van der Waals surface area (Å²) in [5.41, 5.74) is 5.67. The van der Waals surface area contributed by atoms with Crippen LogP contribution < -0.4 is 20.7 Å². The highest BCUT2D eigenvalue weighted by Crippen LogP contribution is 2.30. The predicted molar refractivity (Wildman–Crippen MR) is 170 cm³/mol. The van der Waals surface area contributed by atoms with Crippen LogP contribution in [0.2, 0.25) is 0 Å². The Balaban J connectivity index is 1.27. The first kappa shape index (κ1) is 34.1. The quantitative estimate of drug-likeness (QED) is 0.348. The summed E-state index contributed by atoms with van der Waals surface area (Å²) >= 11 is 0. The normalized spacial score (nSPS) is 19.0. The first-order valence-corrected chi connectivity index (χ1v) is 16.2. The van der Waals surface area contributed by atoms with E-state index in [4.69, 9.17) is 19.7 Å². The number of alkyl carbamates (subject to hydrolysis) is 1. The molecule has 2 saturated heterocycles. The van der Waals surface area contributed by atoms with Crippen LogP contribution in [0.1, 0.15) is 91.0 Å². The van der Waals surface area contributed by atoms with E-state index < -0.39 is 29.7 Å². The summed E-state index contributed by atoms with van der Waals surface area (Å²) in [5.74, 6) is 1.97. The van der Waals surface area contributed by atoms with E-state index in [1.165, 1.54) is 4.90 Å². The highest BCUT2D eigenvalue weighted by atomic mass is 16.6. The fraction of sp³-hybridized carbons (Fsp3) is 0.667. The van der Waals surface area contributed by atoms with E-state index in [0.29, 0.717) is 43.8 Å². The number of nitrogens with two attached hydrogens (primary N) is 1. The van der Waals surface area contributed by atoms with Gasteiger partial charge < -0.3 is 34.8 Å². The minimum Gasteiger partial charge on any atom is -0.494 e. The third-order valence-electron chi connectivity index (χ3n) is 8.62. The maximum atomic E-state index is 13.5. The van der Waals surface area contributed by atoms with Gasteiger partial charge in [-0.1, -0.05) is 38.1 Å². The van der Waals surface area contributed by atoms with Gasteiger partial charge in [0.25, 0.3) is 0 Å². The summed E-state index contributed by atoms with van der Waals surface area (Å²) < 4.78 is 17.0. The second kappa shape index (κ2) is 15.0. The maximum Gasteiger partial charge on any atom is 0.408 e. The van der Waals surface area contributed by atoms with E-state index in [2.05, 4.69) is 41.1 Å². The molecule has 3 atom stereocenters. The number of nitrogens with one attached hydrogen (secondary N) is 1. The molecule has 4 rings (SSSR count). The van der Waals surface area contributed by atoms with Crippen LogP contribution in [0.4, 0.5) is 10.8 Å². The van der Waals surface area contributed by atoms with Crippen LogP contribution in [0, 0.1) is 11.8 Å². The Morgan fingerprint density at radius 3 is 2.36 bits per heavy atom. The number of hydrogen-bond donors (Lipinski definition) is 2. The Hall–Kier alpha value is -3.83. The van der Waals surface area contributed by atoms with Crippen LogP contribution in [-0.2, 0) is 20.7 Å². The molecule has 3 heterocycles. The van der Waals surface area contributed by atoms with Gasteiger partial charge in [0.1, 0.15) is 23.4 Å². The Kier molecular flexibility index (Phi) is 11.3. The average molecular weight is 627 g/mol. The lowest BCUT2D eigenvalue weighted by molar-refractivity contribution is -0.139. The van der Waals surface area contributed by atoms with Gasteiger partial charge >= 0.3 is 12.1 Å². The van der Waals surface area contributed by atoms with Gasteiger partial charge in [0.15, 0.2) is 5.82 Å². The molecule has 0 bridgehead atoms. The van der Waals surface area contributed by atoms with E-state index in [-0.39, 0.29) is 18.2 Å². The van der Waals surface area contributed by atoms with Gasteiger partial charge in [-0.2, -0.15) is 4.98 Å². The largest absolute Gasteiger partial charge is 0.494 e. The summed E-state index contributed by atoms with van der Waals surface area (Å²) in [6, 6.07) is 6.59. The fourth-order valence-electron chi connectivity index (χ4n) is 5.98. The Labute approximate surface area is 266 Å². The van der Waals surface area contributed by atoms with E-state index in [1.807, 2.05) is 24.3 Å². The van der Waals surface area contributed by atoms with Crippen molar-refractivity contribution >= 4 is 23.9 Å².